The summed E-state index contributed by atoms with van der Waals surface area (Å²) in [7, 11) is -0.868. The lowest BCUT2D eigenvalue weighted by Gasteiger charge is -2.15. The molecule has 5 aromatic rings. The first-order valence-electron chi connectivity index (χ1n) is 12.8. The minimum atomic E-state index is -4.86. The molecule has 0 radical (unpaired) electrons. The van der Waals surface area contributed by atoms with Crippen molar-refractivity contribution in [2.75, 3.05) is 20.0 Å². The SMILES string of the molecule is COCC(F)(F)c1cc(-c2ccc(-c3cccc(S(C)(=O)=O)c3)cc2-n2nncc2-c2ccc(OC(F)(F)F)cc2)n(C)n1. The van der Waals surface area contributed by atoms with Gasteiger partial charge in [-0.2, -0.15) is 13.9 Å². The summed E-state index contributed by atoms with van der Waals surface area (Å²) in [6, 6.07) is 17.6. The molecule has 0 amide bonds. The summed E-state index contributed by atoms with van der Waals surface area (Å²) < 4.78 is 103. The summed E-state index contributed by atoms with van der Waals surface area (Å²) in [5.74, 6) is -3.80. The molecule has 5 rings (SSSR count). The van der Waals surface area contributed by atoms with Crippen molar-refractivity contribution in [3.63, 3.8) is 0 Å². The number of hydrogen-bond donors (Lipinski definition) is 0. The molecule has 0 aliphatic heterocycles. The molecule has 2 heterocycles. The molecular formula is C29H24F5N5O4S. The van der Waals surface area contributed by atoms with Gasteiger partial charge in [0.05, 0.1) is 28.2 Å². The molecular weight excluding hydrogens is 609 g/mol. The summed E-state index contributed by atoms with van der Waals surface area (Å²) in [5, 5.41) is 12.2. The lowest BCUT2D eigenvalue weighted by molar-refractivity contribution is -0.274. The molecule has 0 aliphatic rings. The fraction of sp³-hybridized carbons (Fsp3) is 0.207. The van der Waals surface area contributed by atoms with Crippen LogP contribution in [0.5, 0.6) is 5.75 Å². The van der Waals surface area contributed by atoms with Gasteiger partial charge in [-0.1, -0.05) is 29.5 Å². The zero-order chi connectivity index (χ0) is 31.9. The topological polar surface area (TPSA) is 101 Å². The minimum Gasteiger partial charge on any atom is -0.406 e. The van der Waals surface area contributed by atoms with Crippen molar-refractivity contribution in [3.8, 4) is 45.1 Å². The second-order valence-electron chi connectivity index (χ2n) is 9.81. The van der Waals surface area contributed by atoms with Gasteiger partial charge < -0.3 is 9.47 Å². The van der Waals surface area contributed by atoms with Gasteiger partial charge in [-0.25, -0.2) is 13.1 Å². The molecule has 0 fully saturated rings. The Kier molecular flexibility index (Phi) is 8.03. The first-order chi connectivity index (χ1) is 20.7. The number of sulfone groups is 1. The Hall–Kier alpha value is -4.63. The summed E-state index contributed by atoms with van der Waals surface area (Å²) in [6.45, 7) is -0.882. The van der Waals surface area contributed by atoms with E-state index in [1.54, 1.807) is 30.3 Å². The van der Waals surface area contributed by atoms with E-state index < -0.39 is 40.2 Å². The smallest absolute Gasteiger partial charge is 0.406 e. The summed E-state index contributed by atoms with van der Waals surface area (Å²) in [6.07, 6.45) is -2.38. The first-order valence-corrected chi connectivity index (χ1v) is 14.7. The maximum absolute atomic E-state index is 14.7. The van der Waals surface area contributed by atoms with Crippen LogP contribution in [0.4, 0.5) is 22.0 Å². The van der Waals surface area contributed by atoms with Gasteiger partial charge in [-0.05, 0) is 59.7 Å². The number of aryl methyl sites for hydroxylation is 1. The van der Waals surface area contributed by atoms with Gasteiger partial charge >= 0.3 is 12.3 Å². The molecule has 0 spiro atoms. The number of nitrogens with zero attached hydrogens (tertiary/aromatic N) is 5. The van der Waals surface area contributed by atoms with Crippen molar-refractivity contribution in [1.82, 2.24) is 24.8 Å². The highest BCUT2D eigenvalue weighted by Crippen LogP contribution is 2.37. The number of methoxy groups -OCH3 is 1. The molecule has 2 aromatic heterocycles. The Morgan fingerprint density at radius 3 is 2.20 bits per heavy atom. The third kappa shape index (κ3) is 6.48. The molecule has 9 nitrogen and oxygen atoms in total. The van der Waals surface area contributed by atoms with Crippen molar-refractivity contribution < 1.29 is 39.8 Å². The van der Waals surface area contributed by atoms with Crippen molar-refractivity contribution in [2.24, 2.45) is 7.05 Å². The number of rotatable bonds is 9. The summed E-state index contributed by atoms with van der Waals surface area (Å²) in [4.78, 5) is 0.0971. The molecule has 0 bridgehead atoms. The van der Waals surface area contributed by atoms with Crippen molar-refractivity contribution in [2.45, 2.75) is 17.2 Å². The van der Waals surface area contributed by atoms with Crippen LogP contribution in [0.25, 0.3) is 39.3 Å². The standard InChI is InChI=1S/C29H24F5N5O4S/c1-38-24(15-27(36-38)28(30,31)17-42-2)23-12-9-20(19-5-4-6-22(13-19)44(3,40)41)14-25(23)39-26(16-35-37-39)18-7-10-21(11-8-18)43-29(32,33)34/h4-16H,17H2,1-3H3. The van der Waals surface area contributed by atoms with E-state index in [0.29, 0.717) is 33.6 Å². The molecule has 0 unspecified atom stereocenters. The molecule has 0 saturated carbocycles. The predicted octanol–water partition coefficient (Wildman–Crippen LogP) is 6.04. The fourth-order valence-electron chi connectivity index (χ4n) is 4.60. The fourth-order valence-corrected chi connectivity index (χ4v) is 5.27. The van der Waals surface area contributed by atoms with Gasteiger partial charge in [0.15, 0.2) is 9.84 Å². The summed E-state index contributed by atoms with van der Waals surface area (Å²) in [5.41, 5.74) is 2.43. The van der Waals surface area contributed by atoms with E-state index in [2.05, 4.69) is 24.9 Å². The van der Waals surface area contributed by atoms with Crippen LogP contribution in [0, 0.1) is 0 Å². The van der Waals surface area contributed by atoms with E-state index in [1.165, 1.54) is 52.9 Å². The third-order valence-corrected chi connectivity index (χ3v) is 7.72. The Morgan fingerprint density at radius 2 is 1.55 bits per heavy atom. The molecule has 230 valence electrons. The van der Waals surface area contributed by atoms with E-state index >= 15 is 0 Å². The van der Waals surface area contributed by atoms with E-state index in [4.69, 9.17) is 0 Å². The average Bonchev–Trinajstić information content (AvgIpc) is 3.59. The monoisotopic (exact) mass is 633 g/mol. The second-order valence-corrected chi connectivity index (χ2v) is 11.8. The van der Waals surface area contributed by atoms with Crippen LogP contribution in [0.3, 0.4) is 0 Å². The van der Waals surface area contributed by atoms with Crippen molar-refractivity contribution >= 4 is 9.84 Å². The van der Waals surface area contributed by atoms with Crippen molar-refractivity contribution in [3.05, 3.63) is 84.7 Å². The maximum Gasteiger partial charge on any atom is 0.573 e. The van der Waals surface area contributed by atoms with E-state index in [9.17, 15) is 30.4 Å². The molecule has 44 heavy (non-hydrogen) atoms. The molecule has 0 aliphatic carbocycles. The predicted molar refractivity (Wildman–Crippen MR) is 150 cm³/mol. The highest BCUT2D eigenvalue weighted by atomic mass is 32.2. The zero-order valence-electron chi connectivity index (χ0n) is 23.4. The largest absolute Gasteiger partial charge is 0.573 e. The third-order valence-electron chi connectivity index (χ3n) is 6.61. The molecule has 15 heteroatoms. The second kappa shape index (κ2) is 11.5. The molecule has 0 N–H and O–H groups in total. The van der Waals surface area contributed by atoms with Crippen LogP contribution >= 0.6 is 0 Å². The van der Waals surface area contributed by atoms with Crippen LogP contribution < -0.4 is 4.74 Å². The van der Waals surface area contributed by atoms with Crippen molar-refractivity contribution in [1.29, 1.82) is 0 Å². The van der Waals surface area contributed by atoms with Gasteiger partial charge in [0.1, 0.15) is 18.1 Å². The number of aromatic nitrogens is 5. The van der Waals surface area contributed by atoms with Crippen LogP contribution in [0.15, 0.2) is 83.9 Å². The number of hydrogen-bond acceptors (Lipinski definition) is 7. The molecule has 0 saturated heterocycles. The van der Waals surface area contributed by atoms with Crippen LogP contribution in [0.1, 0.15) is 5.69 Å². The van der Waals surface area contributed by atoms with E-state index in [0.717, 1.165) is 25.5 Å². The lowest BCUT2D eigenvalue weighted by atomic mass is 10.00. The van der Waals surface area contributed by atoms with E-state index in [-0.39, 0.29) is 10.6 Å². The Balaban J connectivity index is 1.68. The highest BCUT2D eigenvalue weighted by Gasteiger charge is 2.36. The zero-order valence-corrected chi connectivity index (χ0v) is 24.2. The van der Waals surface area contributed by atoms with Gasteiger partial charge in [-0.3, -0.25) is 4.68 Å². The van der Waals surface area contributed by atoms with Gasteiger partial charge in [-0.15, -0.1) is 18.3 Å². The van der Waals surface area contributed by atoms with Gasteiger partial charge in [0.25, 0.3) is 0 Å². The highest BCUT2D eigenvalue weighted by molar-refractivity contribution is 7.90. The number of halogens is 5. The average molecular weight is 634 g/mol. The summed E-state index contributed by atoms with van der Waals surface area (Å²) >= 11 is 0. The molecule has 3 aromatic carbocycles. The first kappa shape index (κ1) is 30.8. The van der Waals surface area contributed by atoms with E-state index in [1.807, 2.05) is 0 Å². The van der Waals surface area contributed by atoms with Gasteiger partial charge in [0, 0.05) is 31.5 Å². The Bertz CT molecular complexity index is 1920. The van der Waals surface area contributed by atoms with Gasteiger partial charge in [0.2, 0.25) is 0 Å². The Labute approximate surface area is 248 Å². The maximum atomic E-state index is 14.7. The normalized spacial score (nSPS) is 12.5. The quantitative estimate of drug-likeness (QED) is 0.183. The minimum absolute atomic E-state index is 0.0971. The van der Waals surface area contributed by atoms with Crippen LogP contribution in [0.2, 0.25) is 0 Å². The Morgan fingerprint density at radius 1 is 0.864 bits per heavy atom. The number of alkyl halides is 5. The van der Waals surface area contributed by atoms with Crippen LogP contribution in [-0.2, 0) is 27.5 Å². The van der Waals surface area contributed by atoms with Crippen LogP contribution in [-0.4, -0.2) is 59.5 Å². The number of benzene rings is 3. The number of ether oxygens (including phenoxy) is 2. The lowest BCUT2D eigenvalue weighted by Crippen LogP contribution is -2.21. The molecule has 0 atom stereocenters.